The fourth-order valence-electron chi connectivity index (χ4n) is 2.31. The SMILES string of the molecule is Cc1ccc(F)c([C@@H](C)N2CCNCC2)c1F.Cl. The van der Waals surface area contributed by atoms with Crippen LogP contribution in [0.25, 0.3) is 0 Å². The molecule has 2 rings (SSSR count). The molecular formula is C13H19ClF2N2. The van der Waals surface area contributed by atoms with Crippen molar-refractivity contribution >= 4 is 12.4 Å². The highest BCUT2D eigenvalue weighted by atomic mass is 35.5. The van der Waals surface area contributed by atoms with Gasteiger partial charge >= 0.3 is 0 Å². The molecule has 0 saturated carbocycles. The third kappa shape index (κ3) is 2.99. The number of benzene rings is 1. The van der Waals surface area contributed by atoms with E-state index in [-0.39, 0.29) is 24.0 Å². The number of hydrogen-bond donors (Lipinski definition) is 1. The van der Waals surface area contributed by atoms with E-state index in [1.54, 1.807) is 6.92 Å². The van der Waals surface area contributed by atoms with Crippen molar-refractivity contribution in [3.8, 4) is 0 Å². The molecule has 0 bridgehead atoms. The van der Waals surface area contributed by atoms with E-state index >= 15 is 0 Å². The van der Waals surface area contributed by atoms with Crippen LogP contribution in [-0.2, 0) is 0 Å². The first kappa shape index (κ1) is 15.3. The molecule has 1 heterocycles. The van der Waals surface area contributed by atoms with Gasteiger partial charge in [-0.15, -0.1) is 12.4 Å². The molecule has 0 aromatic heterocycles. The zero-order valence-corrected chi connectivity index (χ0v) is 11.5. The van der Waals surface area contributed by atoms with Crippen molar-refractivity contribution in [3.63, 3.8) is 0 Å². The van der Waals surface area contributed by atoms with Crippen molar-refractivity contribution in [3.05, 3.63) is 34.9 Å². The van der Waals surface area contributed by atoms with Crippen LogP contribution in [0, 0.1) is 18.6 Å². The molecule has 0 amide bonds. The second-order valence-corrected chi connectivity index (χ2v) is 4.55. The standard InChI is InChI=1S/C13H18F2N2.ClH/c1-9-3-4-11(14)12(13(9)15)10(2)17-7-5-16-6-8-17;/h3-4,10,16H,5-8H2,1-2H3;1H/t10-;/m1./s1. The molecule has 1 fully saturated rings. The van der Waals surface area contributed by atoms with Crippen LogP contribution in [0.5, 0.6) is 0 Å². The fraction of sp³-hybridized carbons (Fsp3) is 0.538. The van der Waals surface area contributed by atoms with Gasteiger partial charge in [0.2, 0.25) is 0 Å². The summed E-state index contributed by atoms with van der Waals surface area (Å²) in [5.74, 6) is -0.852. The Hall–Kier alpha value is -0.710. The fourth-order valence-corrected chi connectivity index (χ4v) is 2.31. The maximum absolute atomic E-state index is 14.0. The molecule has 0 aliphatic carbocycles. The van der Waals surface area contributed by atoms with Gasteiger partial charge < -0.3 is 5.32 Å². The van der Waals surface area contributed by atoms with Gasteiger partial charge in [0.1, 0.15) is 11.6 Å². The number of aryl methyl sites for hydroxylation is 1. The Morgan fingerprint density at radius 3 is 2.44 bits per heavy atom. The zero-order valence-electron chi connectivity index (χ0n) is 10.7. The first-order chi connectivity index (χ1) is 8.11. The molecule has 0 spiro atoms. The van der Waals surface area contributed by atoms with Gasteiger partial charge in [0.05, 0.1) is 0 Å². The summed E-state index contributed by atoms with van der Waals surface area (Å²) in [5.41, 5.74) is 0.704. The highest BCUT2D eigenvalue weighted by Crippen LogP contribution is 2.27. The zero-order chi connectivity index (χ0) is 12.4. The number of hydrogen-bond acceptors (Lipinski definition) is 2. The molecule has 1 aliphatic rings. The molecular weight excluding hydrogens is 258 g/mol. The third-order valence-corrected chi connectivity index (χ3v) is 3.44. The predicted molar refractivity (Wildman–Crippen MR) is 71.2 cm³/mol. The van der Waals surface area contributed by atoms with Gasteiger partial charge in [0, 0.05) is 37.8 Å². The van der Waals surface area contributed by atoms with Crippen molar-refractivity contribution in [1.29, 1.82) is 0 Å². The molecule has 1 N–H and O–H groups in total. The smallest absolute Gasteiger partial charge is 0.133 e. The summed E-state index contributed by atoms with van der Waals surface area (Å²) in [6.07, 6.45) is 0. The summed E-state index contributed by atoms with van der Waals surface area (Å²) in [5, 5.41) is 3.23. The normalized spacial score (nSPS) is 18.2. The number of piperazine rings is 1. The molecule has 5 heteroatoms. The summed E-state index contributed by atoms with van der Waals surface area (Å²) >= 11 is 0. The summed E-state index contributed by atoms with van der Waals surface area (Å²) in [7, 11) is 0. The van der Waals surface area contributed by atoms with Crippen molar-refractivity contribution in [1.82, 2.24) is 10.2 Å². The van der Waals surface area contributed by atoms with Gasteiger partial charge in [-0.2, -0.15) is 0 Å². The molecule has 1 aromatic carbocycles. The average Bonchev–Trinajstić information content (AvgIpc) is 2.35. The molecule has 1 atom stereocenters. The van der Waals surface area contributed by atoms with Crippen molar-refractivity contribution < 1.29 is 8.78 Å². The van der Waals surface area contributed by atoms with E-state index in [1.807, 2.05) is 6.92 Å². The van der Waals surface area contributed by atoms with Crippen molar-refractivity contribution in [2.45, 2.75) is 19.9 Å². The topological polar surface area (TPSA) is 15.3 Å². The maximum Gasteiger partial charge on any atom is 0.133 e. The number of halogens is 3. The summed E-state index contributed by atoms with van der Waals surface area (Å²) < 4.78 is 27.7. The van der Waals surface area contributed by atoms with Crippen LogP contribution in [-0.4, -0.2) is 31.1 Å². The quantitative estimate of drug-likeness (QED) is 0.893. The molecule has 1 aromatic rings. The van der Waals surface area contributed by atoms with Crippen LogP contribution in [0.4, 0.5) is 8.78 Å². The van der Waals surface area contributed by atoms with Crippen LogP contribution < -0.4 is 5.32 Å². The minimum absolute atomic E-state index is 0. The summed E-state index contributed by atoms with van der Waals surface area (Å²) in [6, 6.07) is 2.63. The van der Waals surface area contributed by atoms with E-state index in [0.717, 1.165) is 26.2 Å². The van der Waals surface area contributed by atoms with Gasteiger partial charge in [-0.25, -0.2) is 8.78 Å². The van der Waals surface area contributed by atoms with E-state index in [1.165, 1.54) is 12.1 Å². The molecule has 2 nitrogen and oxygen atoms in total. The second kappa shape index (κ2) is 6.45. The van der Waals surface area contributed by atoms with Gasteiger partial charge in [0.15, 0.2) is 0 Å². The lowest BCUT2D eigenvalue weighted by Gasteiger charge is -2.33. The van der Waals surface area contributed by atoms with Crippen LogP contribution in [0.3, 0.4) is 0 Å². The molecule has 18 heavy (non-hydrogen) atoms. The number of nitrogens with zero attached hydrogens (tertiary/aromatic N) is 1. The van der Waals surface area contributed by atoms with Crippen molar-refractivity contribution in [2.75, 3.05) is 26.2 Å². The van der Waals surface area contributed by atoms with Crippen LogP contribution in [0.15, 0.2) is 12.1 Å². The van der Waals surface area contributed by atoms with E-state index < -0.39 is 11.6 Å². The highest BCUT2D eigenvalue weighted by molar-refractivity contribution is 5.85. The Kier molecular flexibility index (Phi) is 5.50. The first-order valence-electron chi connectivity index (χ1n) is 6.00. The highest BCUT2D eigenvalue weighted by Gasteiger charge is 2.24. The van der Waals surface area contributed by atoms with E-state index in [4.69, 9.17) is 0 Å². The average molecular weight is 277 g/mol. The van der Waals surface area contributed by atoms with Crippen LogP contribution in [0.2, 0.25) is 0 Å². The number of nitrogens with one attached hydrogen (secondary N) is 1. The van der Waals surface area contributed by atoms with E-state index in [0.29, 0.717) is 5.56 Å². The molecule has 1 aliphatic heterocycles. The minimum Gasteiger partial charge on any atom is -0.314 e. The Labute approximate surface area is 113 Å². The lowest BCUT2D eigenvalue weighted by molar-refractivity contribution is 0.179. The first-order valence-corrected chi connectivity index (χ1v) is 6.00. The van der Waals surface area contributed by atoms with Gasteiger partial charge in [-0.3, -0.25) is 4.90 Å². The van der Waals surface area contributed by atoms with E-state index in [9.17, 15) is 8.78 Å². The lowest BCUT2D eigenvalue weighted by atomic mass is 10.0. The summed E-state index contributed by atoms with van der Waals surface area (Å²) in [6.45, 7) is 6.94. The molecule has 102 valence electrons. The van der Waals surface area contributed by atoms with Gasteiger partial charge in [-0.05, 0) is 25.5 Å². The molecule has 1 saturated heterocycles. The Bertz CT molecular complexity index is 406. The van der Waals surface area contributed by atoms with Crippen LogP contribution in [0.1, 0.15) is 24.1 Å². The molecule has 0 radical (unpaired) electrons. The Morgan fingerprint density at radius 1 is 1.22 bits per heavy atom. The van der Waals surface area contributed by atoms with Gasteiger partial charge in [0.25, 0.3) is 0 Å². The monoisotopic (exact) mass is 276 g/mol. The molecule has 0 unspecified atom stereocenters. The van der Waals surface area contributed by atoms with Crippen molar-refractivity contribution in [2.24, 2.45) is 0 Å². The Balaban J connectivity index is 0.00000162. The van der Waals surface area contributed by atoms with Gasteiger partial charge in [-0.1, -0.05) is 6.07 Å². The largest absolute Gasteiger partial charge is 0.314 e. The number of rotatable bonds is 2. The minimum atomic E-state index is -0.445. The summed E-state index contributed by atoms with van der Waals surface area (Å²) in [4.78, 5) is 2.11. The predicted octanol–water partition coefficient (Wildman–Crippen LogP) is 2.66. The van der Waals surface area contributed by atoms with Crippen LogP contribution >= 0.6 is 12.4 Å². The van der Waals surface area contributed by atoms with E-state index in [2.05, 4.69) is 10.2 Å². The second-order valence-electron chi connectivity index (χ2n) is 4.55. The third-order valence-electron chi connectivity index (χ3n) is 3.44. The Morgan fingerprint density at radius 2 is 1.83 bits per heavy atom. The maximum atomic E-state index is 14.0. The lowest BCUT2D eigenvalue weighted by Crippen LogP contribution is -2.44.